The molecule has 106 valence electrons. The fraction of sp³-hybridized carbons (Fsp3) is 0.615. The minimum atomic E-state index is 0.479. The molecule has 0 atom stereocenters. The lowest BCUT2D eigenvalue weighted by Gasteiger charge is -2.26. The average molecular weight is 266 g/mol. The lowest BCUT2D eigenvalue weighted by atomic mass is 10.4. The molecule has 1 aromatic heterocycles. The largest absolute Gasteiger partial charge is 0.492 e. The molecule has 19 heavy (non-hydrogen) atoms. The van der Waals surface area contributed by atoms with Gasteiger partial charge in [-0.05, 0) is 0 Å². The van der Waals surface area contributed by atoms with Crippen molar-refractivity contribution in [3.63, 3.8) is 0 Å². The van der Waals surface area contributed by atoms with E-state index in [4.69, 9.17) is 15.2 Å². The van der Waals surface area contributed by atoms with Crippen molar-refractivity contribution in [1.82, 2.24) is 9.88 Å². The molecule has 0 saturated carbocycles. The predicted octanol–water partition coefficient (Wildman–Crippen LogP) is 0.441. The number of nitrogens with two attached hydrogens (primary N) is 1. The molecule has 0 spiro atoms. The van der Waals surface area contributed by atoms with E-state index in [2.05, 4.69) is 9.88 Å². The zero-order valence-electron chi connectivity index (χ0n) is 11.6. The van der Waals surface area contributed by atoms with Crippen LogP contribution < -0.4 is 15.4 Å². The Morgan fingerprint density at radius 1 is 1.37 bits per heavy atom. The second-order valence-electron chi connectivity index (χ2n) is 4.78. The maximum atomic E-state index is 5.77. The Morgan fingerprint density at radius 3 is 2.79 bits per heavy atom. The molecule has 6 nitrogen and oxygen atoms in total. The van der Waals surface area contributed by atoms with E-state index in [0.717, 1.165) is 44.4 Å². The Bertz CT molecular complexity index is 406. The van der Waals surface area contributed by atoms with Gasteiger partial charge in [-0.25, -0.2) is 4.98 Å². The first-order valence-corrected chi connectivity index (χ1v) is 6.53. The Kier molecular flexibility index (Phi) is 4.81. The summed E-state index contributed by atoms with van der Waals surface area (Å²) in [5.74, 6) is 2.05. The molecule has 2 rings (SSSR count). The second-order valence-corrected chi connectivity index (χ2v) is 4.78. The highest BCUT2D eigenvalue weighted by molar-refractivity contribution is 5.50. The molecule has 1 fully saturated rings. The molecule has 1 aromatic rings. The molecule has 0 amide bonds. The van der Waals surface area contributed by atoms with Gasteiger partial charge in [0.25, 0.3) is 0 Å². The number of morpholine rings is 1. The molecule has 0 unspecified atom stereocenters. The average Bonchev–Trinajstić information content (AvgIpc) is 2.39. The van der Waals surface area contributed by atoms with Gasteiger partial charge >= 0.3 is 0 Å². The number of rotatable bonds is 5. The summed E-state index contributed by atoms with van der Waals surface area (Å²) in [5.41, 5.74) is 5.77. The Labute approximate surface area is 114 Å². The quantitative estimate of drug-likeness (QED) is 0.834. The molecule has 2 heterocycles. The van der Waals surface area contributed by atoms with Crippen LogP contribution in [-0.2, 0) is 4.74 Å². The highest BCUT2D eigenvalue weighted by Gasteiger charge is 2.10. The molecule has 0 aromatic carbocycles. The van der Waals surface area contributed by atoms with E-state index in [1.54, 1.807) is 6.07 Å². The molecule has 6 heteroatoms. The highest BCUT2D eigenvalue weighted by Crippen LogP contribution is 2.20. The highest BCUT2D eigenvalue weighted by atomic mass is 16.5. The van der Waals surface area contributed by atoms with Crippen LogP contribution in [0.2, 0.25) is 0 Å². The van der Waals surface area contributed by atoms with Crippen molar-refractivity contribution in [3.05, 3.63) is 12.1 Å². The summed E-state index contributed by atoms with van der Waals surface area (Å²) < 4.78 is 11.1. The van der Waals surface area contributed by atoms with Gasteiger partial charge in [0.2, 0.25) is 0 Å². The van der Waals surface area contributed by atoms with Gasteiger partial charge in [0.1, 0.15) is 24.0 Å². The third-order valence-electron chi connectivity index (χ3n) is 3.04. The number of hydrogen-bond donors (Lipinski definition) is 1. The monoisotopic (exact) mass is 266 g/mol. The fourth-order valence-corrected chi connectivity index (χ4v) is 1.94. The van der Waals surface area contributed by atoms with Crippen LogP contribution in [0.5, 0.6) is 5.75 Å². The van der Waals surface area contributed by atoms with Gasteiger partial charge in [-0.15, -0.1) is 0 Å². The lowest BCUT2D eigenvalue weighted by Crippen LogP contribution is -2.38. The Hall–Kier alpha value is -1.53. The number of anilines is 2. The molecule has 0 bridgehead atoms. The first-order chi connectivity index (χ1) is 9.15. The van der Waals surface area contributed by atoms with E-state index in [9.17, 15) is 0 Å². The van der Waals surface area contributed by atoms with Gasteiger partial charge in [-0.2, -0.15) is 0 Å². The maximum absolute atomic E-state index is 5.77. The van der Waals surface area contributed by atoms with Crippen LogP contribution in [0.25, 0.3) is 0 Å². The molecular formula is C13H22N4O2. The van der Waals surface area contributed by atoms with Gasteiger partial charge in [0, 0.05) is 45.9 Å². The summed E-state index contributed by atoms with van der Waals surface area (Å²) in [6.07, 6.45) is 0. The van der Waals surface area contributed by atoms with Gasteiger partial charge in [-0.1, -0.05) is 0 Å². The van der Waals surface area contributed by atoms with E-state index < -0.39 is 0 Å². The molecule has 1 aliphatic rings. The van der Waals surface area contributed by atoms with E-state index in [-0.39, 0.29) is 0 Å². The third-order valence-corrected chi connectivity index (χ3v) is 3.04. The van der Waals surface area contributed by atoms with Crippen LogP contribution in [0.3, 0.4) is 0 Å². The minimum Gasteiger partial charge on any atom is -0.492 e. The second kappa shape index (κ2) is 6.58. The third kappa shape index (κ3) is 4.25. The van der Waals surface area contributed by atoms with Crippen molar-refractivity contribution in [2.24, 2.45) is 0 Å². The van der Waals surface area contributed by atoms with Gasteiger partial charge < -0.3 is 20.1 Å². The van der Waals surface area contributed by atoms with Gasteiger partial charge in [0.05, 0.1) is 13.2 Å². The molecule has 1 saturated heterocycles. The standard InChI is InChI=1S/C13H22N4O2/c1-16(2)13-10-11(9-12(14)15-13)19-8-5-17-3-6-18-7-4-17/h9-10H,3-8H2,1-2H3,(H2,14,15). The SMILES string of the molecule is CN(C)c1cc(OCCN2CCOCC2)cc(N)n1. The number of pyridine rings is 1. The van der Waals surface area contributed by atoms with Crippen molar-refractivity contribution in [2.45, 2.75) is 0 Å². The summed E-state index contributed by atoms with van der Waals surface area (Å²) in [5, 5.41) is 0. The molecule has 0 aliphatic carbocycles. The zero-order chi connectivity index (χ0) is 13.7. The summed E-state index contributed by atoms with van der Waals surface area (Å²) in [4.78, 5) is 8.47. The van der Waals surface area contributed by atoms with Crippen molar-refractivity contribution in [1.29, 1.82) is 0 Å². The van der Waals surface area contributed by atoms with Crippen LogP contribution in [-0.4, -0.2) is 63.4 Å². The maximum Gasteiger partial charge on any atom is 0.134 e. The Morgan fingerprint density at radius 2 is 2.11 bits per heavy atom. The van der Waals surface area contributed by atoms with Crippen LogP contribution in [0, 0.1) is 0 Å². The smallest absolute Gasteiger partial charge is 0.134 e. The van der Waals surface area contributed by atoms with Gasteiger partial charge in [0.15, 0.2) is 0 Å². The number of nitrogen functional groups attached to an aromatic ring is 1. The van der Waals surface area contributed by atoms with E-state index in [0.29, 0.717) is 12.4 Å². The summed E-state index contributed by atoms with van der Waals surface area (Å²) in [6.45, 7) is 5.13. The van der Waals surface area contributed by atoms with Crippen LogP contribution in [0.4, 0.5) is 11.6 Å². The molecule has 1 aliphatic heterocycles. The molecule has 0 radical (unpaired) electrons. The predicted molar refractivity (Wildman–Crippen MR) is 75.7 cm³/mol. The topological polar surface area (TPSA) is 63.9 Å². The zero-order valence-corrected chi connectivity index (χ0v) is 11.6. The summed E-state index contributed by atoms with van der Waals surface area (Å²) >= 11 is 0. The van der Waals surface area contributed by atoms with Crippen molar-refractivity contribution in [2.75, 3.05) is 64.2 Å². The van der Waals surface area contributed by atoms with E-state index >= 15 is 0 Å². The van der Waals surface area contributed by atoms with E-state index in [1.165, 1.54) is 0 Å². The summed E-state index contributed by atoms with van der Waals surface area (Å²) in [7, 11) is 3.86. The molecule has 2 N–H and O–H groups in total. The molecular weight excluding hydrogens is 244 g/mol. The number of aromatic nitrogens is 1. The number of nitrogens with zero attached hydrogens (tertiary/aromatic N) is 3. The first kappa shape index (κ1) is 13.9. The number of ether oxygens (including phenoxy) is 2. The van der Waals surface area contributed by atoms with Crippen LogP contribution >= 0.6 is 0 Å². The fourth-order valence-electron chi connectivity index (χ4n) is 1.94. The van der Waals surface area contributed by atoms with Crippen molar-refractivity contribution >= 4 is 11.6 Å². The number of hydrogen-bond acceptors (Lipinski definition) is 6. The minimum absolute atomic E-state index is 0.479. The van der Waals surface area contributed by atoms with Crippen LogP contribution in [0.1, 0.15) is 0 Å². The lowest BCUT2D eigenvalue weighted by molar-refractivity contribution is 0.0322. The Balaban J connectivity index is 1.84. The van der Waals surface area contributed by atoms with Crippen molar-refractivity contribution in [3.8, 4) is 5.75 Å². The normalized spacial score (nSPS) is 16.3. The summed E-state index contributed by atoms with van der Waals surface area (Å²) in [6, 6.07) is 3.65. The van der Waals surface area contributed by atoms with E-state index in [1.807, 2.05) is 25.1 Å². The van der Waals surface area contributed by atoms with Gasteiger partial charge in [-0.3, -0.25) is 4.90 Å². The van der Waals surface area contributed by atoms with Crippen LogP contribution in [0.15, 0.2) is 12.1 Å². The van der Waals surface area contributed by atoms with Crippen molar-refractivity contribution < 1.29 is 9.47 Å². The first-order valence-electron chi connectivity index (χ1n) is 6.53.